The van der Waals surface area contributed by atoms with Crippen LogP contribution in [0.2, 0.25) is 5.02 Å². The lowest BCUT2D eigenvalue weighted by molar-refractivity contribution is 0.466. The van der Waals surface area contributed by atoms with Crippen LogP contribution in [0.25, 0.3) is 0 Å². The van der Waals surface area contributed by atoms with Crippen LogP contribution >= 0.6 is 11.6 Å². The summed E-state index contributed by atoms with van der Waals surface area (Å²) in [5.74, 6) is 0.419. The highest BCUT2D eigenvalue weighted by molar-refractivity contribution is 6.31. The van der Waals surface area contributed by atoms with E-state index in [9.17, 15) is 0 Å². The van der Waals surface area contributed by atoms with E-state index < -0.39 is 0 Å². The van der Waals surface area contributed by atoms with E-state index in [1.165, 1.54) is 0 Å². The molecular formula is C11H20ClN3. The van der Waals surface area contributed by atoms with Crippen LogP contribution < -0.4 is 5.73 Å². The van der Waals surface area contributed by atoms with Crippen molar-refractivity contribution in [3.05, 3.63) is 16.4 Å². The Morgan fingerprint density at radius 2 is 2.07 bits per heavy atom. The molecule has 0 saturated carbocycles. The van der Waals surface area contributed by atoms with Crippen molar-refractivity contribution in [1.82, 2.24) is 9.78 Å². The number of hydrogen-bond donors (Lipinski definition) is 1. The van der Waals surface area contributed by atoms with Crippen LogP contribution in [0.15, 0.2) is 0 Å². The van der Waals surface area contributed by atoms with E-state index >= 15 is 0 Å². The third kappa shape index (κ3) is 2.73. The fourth-order valence-corrected chi connectivity index (χ4v) is 1.90. The van der Waals surface area contributed by atoms with Crippen LogP contribution in [-0.2, 0) is 19.9 Å². The first-order chi connectivity index (χ1) is 6.97. The molecule has 86 valence electrons. The van der Waals surface area contributed by atoms with Crippen molar-refractivity contribution in [3.8, 4) is 0 Å². The molecule has 2 N–H and O–H groups in total. The molecule has 0 aliphatic rings. The molecule has 0 amide bonds. The number of aromatic nitrogens is 2. The maximum absolute atomic E-state index is 6.25. The second-order valence-corrected chi connectivity index (χ2v) is 4.60. The Morgan fingerprint density at radius 3 is 2.47 bits per heavy atom. The monoisotopic (exact) mass is 229 g/mol. The van der Waals surface area contributed by atoms with Gasteiger partial charge in [-0.1, -0.05) is 25.4 Å². The summed E-state index contributed by atoms with van der Waals surface area (Å²) >= 11 is 6.25. The van der Waals surface area contributed by atoms with E-state index in [-0.39, 0.29) is 6.04 Å². The van der Waals surface area contributed by atoms with Gasteiger partial charge in [-0.25, -0.2) is 0 Å². The average molecular weight is 230 g/mol. The third-order valence-corrected chi connectivity index (χ3v) is 3.35. The molecule has 0 fully saturated rings. The minimum absolute atomic E-state index is 0.182. The van der Waals surface area contributed by atoms with Crippen LogP contribution in [0.3, 0.4) is 0 Å². The number of rotatable bonds is 4. The Bertz CT molecular complexity index is 331. The van der Waals surface area contributed by atoms with Crippen LogP contribution in [0, 0.1) is 5.92 Å². The second kappa shape index (κ2) is 4.99. The molecule has 1 aromatic rings. The lowest BCUT2D eigenvalue weighted by Crippen LogP contribution is -2.26. The predicted octanol–water partition coefficient (Wildman–Crippen LogP) is 2.16. The Hall–Kier alpha value is -0.540. The largest absolute Gasteiger partial charge is 0.328 e. The quantitative estimate of drug-likeness (QED) is 0.860. The highest BCUT2D eigenvalue weighted by Gasteiger charge is 2.17. The van der Waals surface area contributed by atoms with Gasteiger partial charge in [0.25, 0.3) is 0 Å². The van der Waals surface area contributed by atoms with Gasteiger partial charge in [0, 0.05) is 13.1 Å². The average Bonchev–Trinajstić information content (AvgIpc) is 2.44. The summed E-state index contributed by atoms with van der Waals surface area (Å²) in [5.41, 5.74) is 7.92. The summed E-state index contributed by atoms with van der Waals surface area (Å²) in [5, 5.41) is 5.20. The first-order valence-electron chi connectivity index (χ1n) is 5.43. The van der Waals surface area contributed by atoms with Gasteiger partial charge in [-0.2, -0.15) is 5.10 Å². The molecule has 0 aliphatic heterocycles. The molecule has 1 aromatic heterocycles. The fraction of sp³-hybridized carbons (Fsp3) is 0.727. The zero-order chi connectivity index (χ0) is 11.6. The second-order valence-electron chi connectivity index (χ2n) is 4.23. The van der Waals surface area contributed by atoms with Crippen molar-refractivity contribution in [2.24, 2.45) is 18.7 Å². The van der Waals surface area contributed by atoms with Crippen molar-refractivity contribution in [2.75, 3.05) is 0 Å². The predicted molar refractivity (Wildman–Crippen MR) is 64.1 cm³/mol. The Labute approximate surface area is 96.6 Å². The smallest absolute Gasteiger partial charge is 0.0849 e. The Kier molecular flexibility index (Phi) is 4.17. The zero-order valence-electron chi connectivity index (χ0n) is 9.92. The van der Waals surface area contributed by atoms with Gasteiger partial charge in [0.15, 0.2) is 0 Å². The van der Waals surface area contributed by atoms with Crippen molar-refractivity contribution in [3.63, 3.8) is 0 Å². The summed E-state index contributed by atoms with van der Waals surface area (Å²) < 4.78 is 1.88. The summed E-state index contributed by atoms with van der Waals surface area (Å²) in [6.07, 6.45) is 1.76. The first-order valence-corrected chi connectivity index (χ1v) is 5.81. The number of nitrogens with two attached hydrogens (primary N) is 1. The van der Waals surface area contributed by atoms with Crippen molar-refractivity contribution < 1.29 is 0 Å². The van der Waals surface area contributed by atoms with E-state index in [0.717, 1.165) is 29.3 Å². The molecule has 2 unspecified atom stereocenters. The lowest BCUT2D eigenvalue weighted by Gasteiger charge is -2.15. The molecule has 3 nitrogen and oxygen atoms in total. The van der Waals surface area contributed by atoms with Gasteiger partial charge in [-0.15, -0.1) is 0 Å². The van der Waals surface area contributed by atoms with Crippen molar-refractivity contribution in [1.29, 1.82) is 0 Å². The SMILES string of the molecule is CCc1nn(C)c(CC(C)C(C)N)c1Cl. The van der Waals surface area contributed by atoms with Gasteiger partial charge in [-0.3, -0.25) is 4.68 Å². The molecule has 4 heteroatoms. The first kappa shape index (κ1) is 12.5. The summed E-state index contributed by atoms with van der Waals surface area (Å²) in [6, 6.07) is 0.182. The van der Waals surface area contributed by atoms with E-state index in [1.807, 2.05) is 18.7 Å². The molecule has 1 rings (SSSR count). The molecule has 0 radical (unpaired) electrons. The van der Waals surface area contributed by atoms with Crippen LogP contribution in [0.1, 0.15) is 32.2 Å². The van der Waals surface area contributed by atoms with E-state index in [2.05, 4.69) is 18.9 Å². The van der Waals surface area contributed by atoms with Crippen LogP contribution in [0.5, 0.6) is 0 Å². The molecule has 1 heterocycles. The summed E-state index contributed by atoms with van der Waals surface area (Å²) in [7, 11) is 1.94. The summed E-state index contributed by atoms with van der Waals surface area (Å²) in [6.45, 7) is 6.22. The lowest BCUT2D eigenvalue weighted by atomic mass is 9.98. The molecule has 0 spiro atoms. The minimum Gasteiger partial charge on any atom is -0.328 e. The molecule has 0 bridgehead atoms. The normalized spacial score (nSPS) is 15.3. The fourth-order valence-electron chi connectivity index (χ4n) is 1.53. The Morgan fingerprint density at radius 1 is 1.47 bits per heavy atom. The maximum atomic E-state index is 6.25. The number of hydrogen-bond acceptors (Lipinski definition) is 2. The van der Waals surface area contributed by atoms with Crippen LogP contribution in [-0.4, -0.2) is 15.8 Å². The highest BCUT2D eigenvalue weighted by Crippen LogP contribution is 2.23. The van der Waals surface area contributed by atoms with E-state index in [0.29, 0.717) is 5.92 Å². The molecule has 2 atom stereocenters. The third-order valence-electron chi connectivity index (χ3n) is 2.92. The van der Waals surface area contributed by atoms with Gasteiger partial charge in [0.05, 0.1) is 16.4 Å². The zero-order valence-corrected chi connectivity index (χ0v) is 10.7. The molecular weight excluding hydrogens is 210 g/mol. The van der Waals surface area contributed by atoms with Gasteiger partial charge < -0.3 is 5.73 Å². The van der Waals surface area contributed by atoms with Gasteiger partial charge in [-0.05, 0) is 25.7 Å². The van der Waals surface area contributed by atoms with E-state index in [1.54, 1.807) is 0 Å². The van der Waals surface area contributed by atoms with Crippen molar-refractivity contribution in [2.45, 2.75) is 39.7 Å². The highest BCUT2D eigenvalue weighted by atomic mass is 35.5. The van der Waals surface area contributed by atoms with Gasteiger partial charge >= 0.3 is 0 Å². The molecule has 0 aromatic carbocycles. The number of halogens is 1. The summed E-state index contributed by atoms with van der Waals surface area (Å²) in [4.78, 5) is 0. The van der Waals surface area contributed by atoms with E-state index in [4.69, 9.17) is 17.3 Å². The number of aryl methyl sites for hydroxylation is 2. The van der Waals surface area contributed by atoms with Gasteiger partial charge in [0.1, 0.15) is 0 Å². The van der Waals surface area contributed by atoms with Crippen LogP contribution in [0.4, 0.5) is 0 Å². The van der Waals surface area contributed by atoms with Gasteiger partial charge in [0.2, 0.25) is 0 Å². The number of nitrogens with zero attached hydrogens (tertiary/aromatic N) is 2. The topological polar surface area (TPSA) is 43.8 Å². The maximum Gasteiger partial charge on any atom is 0.0849 e. The molecule has 0 aliphatic carbocycles. The molecule has 15 heavy (non-hydrogen) atoms. The Balaban J connectivity index is 2.89. The standard InChI is InChI=1S/C11H20ClN3/c1-5-9-11(12)10(15(4)14-9)6-7(2)8(3)13/h7-8H,5-6,13H2,1-4H3. The van der Waals surface area contributed by atoms with Crippen molar-refractivity contribution >= 4 is 11.6 Å². The minimum atomic E-state index is 0.182. The molecule has 0 saturated heterocycles.